The van der Waals surface area contributed by atoms with Crippen LogP contribution in [0.4, 0.5) is 10.3 Å². The summed E-state index contributed by atoms with van der Waals surface area (Å²) in [6.07, 6.45) is 6.72. The third-order valence-electron chi connectivity index (χ3n) is 3.10. The number of hydrogen-bond acceptors (Lipinski definition) is 2. The zero-order chi connectivity index (χ0) is 13.5. The minimum absolute atomic E-state index is 0.140. The lowest BCUT2D eigenvalue weighted by atomic mass is 10.1. The van der Waals surface area contributed by atoms with E-state index in [0.717, 1.165) is 30.9 Å². The SMILES string of the molecule is CCCCn1ccnc1NCCc1ccccc1F. The molecule has 1 N–H and O–H groups in total. The number of nitrogens with zero attached hydrogens (tertiary/aromatic N) is 2. The van der Waals surface area contributed by atoms with Crippen LogP contribution in [0.3, 0.4) is 0 Å². The Morgan fingerprint density at radius 1 is 1.32 bits per heavy atom. The molecule has 0 fully saturated rings. The molecule has 4 heteroatoms. The predicted octanol–water partition coefficient (Wildman–Crippen LogP) is 3.48. The van der Waals surface area contributed by atoms with Gasteiger partial charge in [0.1, 0.15) is 5.82 Å². The third-order valence-corrected chi connectivity index (χ3v) is 3.10. The highest BCUT2D eigenvalue weighted by molar-refractivity contribution is 5.27. The Morgan fingerprint density at radius 3 is 2.95 bits per heavy atom. The first-order valence-corrected chi connectivity index (χ1v) is 6.79. The molecule has 0 spiro atoms. The quantitative estimate of drug-likeness (QED) is 0.827. The molecule has 2 rings (SSSR count). The number of benzene rings is 1. The van der Waals surface area contributed by atoms with Crippen LogP contribution in [-0.4, -0.2) is 16.1 Å². The van der Waals surface area contributed by atoms with Gasteiger partial charge < -0.3 is 9.88 Å². The van der Waals surface area contributed by atoms with Crippen molar-refractivity contribution in [3.63, 3.8) is 0 Å². The fourth-order valence-corrected chi connectivity index (χ4v) is 2.00. The van der Waals surface area contributed by atoms with Crippen molar-refractivity contribution in [2.45, 2.75) is 32.7 Å². The van der Waals surface area contributed by atoms with E-state index < -0.39 is 0 Å². The number of hydrogen-bond donors (Lipinski definition) is 1. The van der Waals surface area contributed by atoms with Crippen LogP contribution < -0.4 is 5.32 Å². The lowest BCUT2D eigenvalue weighted by Crippen LogP contribution is -2.11. The van der Waals surface area contributed by atoms with Gasteiger partial charge in [0.05, 0.1) is 0 Å². The molecular formula is C15H20FN3. The largest absolute Gasteiger partial charge is 0.355 e. The highest BCUT2D eigenvalue weighted by atomic mass is 19.1. The second-order valence-corrected chi connectivity index (χ2v) is 4.57. The fraction of sp³-hybridized carbons (Fsp3) is 0.400. The van der Waals surface area contributed by atoms with Gasteiger partial charge in [0.2, 0.25) is 5.95 Å². The van der Waals surface area contributed by atoms with Crippen LogP contribution in [0.15, 0.2) is 36.7 Å². The zero-order valence-electron chi connectivity index (χ0n) is 11.3. The molecule has 0 aliphatic carbocycles. The molecule has 102 valence electrons. The molecule has 0 amide bonds. The maximum atomic E-state index is 13.5. The third kappa shape index (κ3) is 3.81. The van der Waals surface area contributed by atoms with E-state index in [1.807, 2.05) is 18.3 Å². The number of aromatic nitrogens is 2. The summed E-state index contributed by atoms with van der Waals surface area (Å²) in [5, 5.41) is 3.26. The van der Waals surface area contributed by atoms with Crippen molar-refractivity contribution in [3.05, 3.63) is 48.0 Å². The van der Waals surface area contributed by atoms with E-state index in [-0.39, 0.29) is 5.82 Å². The monoisotopic (exact) mass is 261 g/mol. The summed E-state index contributed by atoms with van der Waals surface area (Å²) in [7, 11) is 0. The van der Waals surface area contributed by atoms with E-state index >= 15 is 0 Å². The Morgan fingerprint density at radius 2 is 2.16 bits per heavy atom. The molecule has 3 nitrogen and oxygen atoms in total. The molecule has 1 heterocycles. The van der Waals surface area contributed by atoms with Gasteiger partial charge in [-0.3, -0.25) is 0 Å². The average molecular weight is 261 g/mol. The van der Waals surface area contributed by atoms with Crippen molar-refractivity contribution in [1.82, 2.24) is 9.55 Å². The van der Waals surface area contributed by atoms with E-state index in [1.54, 1.807) is 12.3 Å². The maximum absolute atomic E-state index is 13.5. The van der Waals surface area contributed by atoms with Crippen molar-refractivity contribution < 1.29 is 4.39 Å². The molecule has 0 unspecified atom stereocenters. The Bertz CT molecular complexity index is 508. The highest BCUT2D eigenvalue weighted by Crippen LogP contribution is 2.09. The van der Waals surface area contributed by atoms with Gasteiger partial charge in [0.15, 0.2) is 0 Å². The number of nitrogens with one attached hydrogen (secondary N) is 1. The van der Waals surface area contributed by atoms with Gasteiger partial charge in [-0.25, -0.2) is 9.37 Å². The summed E-state index contributed by atoms with van der Waals surface area (Å²) in [6.45, 7) is 3.82. The van der Waals surface area contributed by atoms with Gasteiger partial charge in [0, 0.05) is 25.5 Å². The second-order valence-electron chi connectivity index (χ2n) is 4.57. The Hall–Kier alpha value is -1.84. The van der Waals surface area contributed by atoms with Crippen molar-refractivity contribution in [2.24, 2.45) is 0 Å². The smallest absolute Gasteiger partial charge is 0.202 e. The Labute approximate surface area is 113 Å². The summed E-state index contributed by atoms with van der Waals surface area (Å²) in [5.74, 6) is 0.725. The lowest BCUT2D eigenvalue weighted by Gasteiger charge is -2.09. The van der Waals surface area contributed by atoms with E-state index in [0.29, 0.717) is 13.0 Å². The number of aryl methyl sites for hydroxylation is 1. The number of anilines is 1. The minimum Gasteiger partial charge on any atom is -0.355 e. The zero-order valence-corrected chi connectivity index (χ0v) is 11.3. The normalized spacial score (nSPS) is 10.6. The lowest BCUT2D eigenvalue weighted by molar-refractivity contribution is 0.609. The predicted molar refractivity (Wildman–Crippen MR) is 75.7 cm³/mol. The molecule has 1 aromatic carbocycles. The molecule has 0 saturated carbocycles. The summed E-state index contributed by atoms with van der Waals surface area (Å²) in [5.41, 5.74) is 0.738. The topological polar surface area (TPSA) is 29.9 Å². The average Bonchev–Trinajstić information content (AvgIpc) is 2.86. The molecule has 0 bridgehead atoms. The highest BCUT2D eigenvalue weighted by Gasteiger charge is 2.03. The van der Waals surface area contributed by atoms with E-state index in [9.17, 15) is 4.39 Å². The summed E-state index contributed by atoms with van der Waals surface area (Å²) in [6, 6.07) is 6.89. The summed E-state index contributed by atoms with van der Waals surface area (Å²) < 4.78 is 15.6. The second kappa shape index (κ2) is 6.92. The maximum Gasteiger partial charge on any atom is 0.202 e. The number of imidazole rings is 1. The molecule has 19 heavy (non-hydrogen) atoms. The Balaban J connectivity index is 1.86. The van der Waals surface area contributed by atoms with Gasteiger partial charge in [-0.05, 0) is 24.5 Å². The van der Waals surface area contributed by atoms with Crippen LogP contribution in [0, 0.1) is 5.82 Å². The number of rotatable bonds is 7. The summed E-state index contributed by atoms with van der Waals surface area (Å²) >= 11 is 0. The molecule has 0 saturated heterocycles. The standard InChI is InChI=1S/C15H20FN3/c1-2-3-11-19-12-10-18-15(19)17-9-8-13-6-4-5-7-14(13)16/h4-7,10,12H,2-3,8-9,11H2,1H3,(H,17,18). The molecule has 0 aliphatic rings. The van der Waals surface area contributed by atoms with Crippen LogP contribution in [0.5, 0.6) is 0 Å². The van der Waals surface area contributed by atoms with Crippen LogP contribution in [0.2, 0.25) is 0 Å². The van der Waals surface area contributed by atoms with Crippen molar-refractivity contribution in [2.75, 3.05) is 11.9 Å². The van der Waals surface area contributed by atoms with Crippen LogP contribution >= 0.6 is 0 Å². The van der Waals surface area contributed by atoms with Crippen molar-refractivity contribution >= 4 is 5.95 Å². The van der Waals surface area contributed by atoms with E-state index in [2.05, 4.69) is 21.8 Å². The first kappa shape index (κ1) is 13.6. The summed E-state index contributed by atoms with van der Waals surface area (Å²) in [4.78, 5) is 4.28. The molecule has 2 aromatic rings. The van der Waals surface area contributed by atoms with Gasteiger partial charge in [0.25, 0.3) is 0 Å². The number of unbranched alkanes of at least 4 members (excludes halogenated alkanes) is 1. The minimum atomic E-state index is -0.140. The van der Waals surface area contributed by atoms with E-state index in [1.165, 1.54) is 6.07 Å². The molecule has 0 radical (unpaired) electrons. The van der Waals surface area contributed by atoms with Gasteiger partial charge in [-0.2, -0.15) is 0 Å². The first-order valence-electron chi connectivity index (χ1n) is 6.79. The molecular weight excluding hydrogens is 241 g/mol. The van der Waals surface area contributed by atoms with Crippen LogP contribution in [0.1, 0.15) is 25.3 Å². The van der Waals surface area contributed by atoms with Gasteiger partial charge in [-0.15, -0.1) is 0 Å². The fourth-order valence-electron chi connectivity index (χ4n) is 2.00. The Kier molecular flexibility index (Phi) is 4.95. The first-order chi connectivity index (χ1) is 9.31. The molecule has 0 aliphatic heterocycles. The van der Waals surface area contributed by atoms with Crippen LogP contribution in [0.25, 0.3) is 0 Å². The van der Waals surface area contributed by atoms with Gasteiger partial charge in [-0.1, -0.05) is 31.5 Å². The van der Waals surface area contributed by atoms with Gasteiger partial charge >= 0.3 is 0 Å². The van der Waals surface area contributed by atoms with Crippen LogP contribution in [-0.2, 0) is 13.0 Å². The van der Waals surface area contributed by atoms with E-state index in [4.69, 9.17) is 0 Å². The van der Waals surface area contributed by atoms with Crippen molar-refractivity contribution in [1.29, 1.82) is 0 Å². The number of halogens is 1. The molecule has 0 atom stereocenters. The van der Waals surface area contributed by atoms with Crippen molar-refractivity contribution in [3.8, 4) is 0 Å². The molecule has 1 aromatic heterocycles.